The van der Waals surface area contributed by atoms with E-state index >= 15 is 0 Å². The Morgan fingerprint density at radius 1 is 1.00 bits per heavy atom. The van der Waals surface area contributed by atoms with Gasteiger partial charge in [0.2, 0.25) is 0 Å². The van der Waals surface area contributed by atoms with Crippen molar-refractivity contribution < 1.29 is 13.9 Å². The Kier molecular flexibility index (Phi) is 6.35. The number of rotatable bonds is 6. The van der Waals surface area contributed by atoms with Gasteiger partial charge < -0.3 is 5.11 Å². The second kappa shape index (κ2) is 8.71. The molecule has 2 aromatic rings. The van der Waals surface area contributed by atoms with E-state index in [1.807, 2.05) is 12.1 Å². The van der Waals surface area contributed by atoms with Crippen molar-refractivity contribution in [2.75, 3.05) is 26.2 Å². The van der Waals surface area contributed by atoms with Gasteiger partial charge in [-0.2, -0.15) is 0 Å². The van der Waals surface area contributed by atoms with Crippen LogP contribution in [-0.2, 0) is 13.1 Å². The zero-order valence-corrected chi connectivity index (χ0v) is 15.2. The van der Waals surface area contributed by atoms with Gasteiger partial charge in [0.15, 0.2) is 0 Å². The second-order valence-electron chi connectivity index (χ2n) is 7.00. The van der Waals surface area contributed by atoms with Crippen molar-refractivity contribution >= 4 is 0 Å². The van der Waals surface area contributed by atoms with Gasteiger partial charge in [0.05, 0.1) is 0 Å². The van der Waals surface area contributed by atoms with Crippen LogP contribution in [0, 0.1) is 18.6 Å². The summed E-state index contributed by atoms with van der Waals surface area (Å²) < 4.78 is 27.9. The highest BCUT2D eigenvalue weighted by atomic mass is 19.1. The molecule has 0 unspecified atom stereocenters. The maximum absolute atomic E-state index is 13.9. The number of aliphatic hydroxyl groups excluding tert-OH is 1. The van der Waals surface area contributed by atoms with Crippen LogP contribution in [0.3, 0.4) is 0 Å². The molecule has 3 nitrogen and oxygen atoms in total. The summed E-state index contributed by atoms with van der Waals surface area (Å²) >= 11 is 0. The van der Waals surface area contributed by atoms with E-state index in [1.54, 1.807) is 0 Å². The molecule has 0 aromatic heterocycles. The molecule has 0 saturated carbocycles. The van der Waals surface area contributed by atoms with Gasteiger partial charge in [-0.25, -0.2) is 8.78 Å². The van der Waals surface area contributed by atoms with Crippen molar-refractivity contribution in [1.29, 1.82) is 0 Å². The van der Waals surface area contributed by atoms with Crippen molar-refractivity contribution in [1.82, 2.24) is 9.80 Å². The van der Waals surface area contributed by atoms with E-state index in [9.17, 15) is 13.9 Å². The molecule has 0 amide bonds. The average molecular weight is 360 g/mol. The summed E-state index contributed by atoms with van der Waals surface area (Å²) in [6.07, 6.45) is 0.655. The molecule has 5 heteroatoms. The molecule has 0 aliphatic carbocycles. The number of hydrogen-bond donors (Lipinski definition) is 1. The van der Waals surface area contributed by atoms with Crippen LogP contribution in [0.5, 0.6) is 0 Å². The molecule has 1 heterocycles. The lowest BCUT2D eigenvalue weighted by Gasteiger charge is -2.41. The fraction of sp³-hybridized carbons (Fsp3) is 0.429. The number of nitrogens with zero attached hydrogens (tertiary/aromatic N) is 2. The first-order valence-corrected chi connectivity index (χ1v) is 9.13. The van der Waals surface area contributed by atoms with Crippen LogP contribution < -0.4 is 0 Å². The van der Waals surface area contributed by atoms with Crippen LogP contribution in [0.25, 0.3) is 0 Å². The van der Waals surface area contributed by atoms with E-state index in [-0.39, 0.29) is 24.8 Å². The van der Waals surface area contributed by atoms with E-state index in [0.717, 1.165) is 19.6 Å². The number of aryl methyl sites for hydroxylation is 1. The highest BCUT2D eigenvalue weighted by molar-refractivity contribution is 5.25. The Balaban J connectivity index is 1.69. The molecule has 140 valence electrons. The van der Waals surface area contributed by atoms with Crippen LogP contribution in [-0.4, -0.2) is 47.2 Å². The van der Waals surface area contributed by atoms with E-state index < -0.39 is 11.6 Å². The van der Waals surface area contributed by atoms with Gasteiger partial charge in [-0.1, -0.05) is 30.3 Å². The Hall–Kier alpha value is -1.82. The SMILES string of the molecule is Cc1ccccc1CN1CCN(Cc2c(F)cccc2F)C[C@@H]1CCO. The summed E-state index contributed by atoms with van der Waals surface area (Å²) in [6.45, 7) is 5.57. The first kappa shape index (κ1) is 19.0. The highest BCUT2D eigenvalue weighted by Crippen LogP contribution is 2.21. The van der Waals surface area contributed by atoms with Crippen molar-refractivity contribution in [2.24, 2.45) is 0 Å². The summed E-state index contributed by atoms with van der Waals surface area (Å²) in [5.41, 5.74) is 2.66. The molecule has 1 aliphatic rings. The summed E-state index contributed by atoms with van der Waals surface area (Å²) in [6, 6.07) is 12.5. The molecule has 2 aromatic carbocycles. The quantitative estimate of drug-likeness (QED) is 0.856. The first-order chi connectivity index (χ1) is 12.6. The van der Waals surface area contributed by atoms with Crippen LogP contribution in [0.4, 0.5) is 8.78 Å². The van der Waals surface area contributed by atoms with Gasteiger partial charge in [-0.15, -0.1) is 0 Å². The van der Waals surface area contributed by atoms with Gasteiger partial charge in [-0.3, -0.25) is 9.80 Å². The minimum Gasteiger partial charge on any atom is -0.396 e. The highest BCUT2D eigenvalue weighted by Gasteiger charge is 2.28. The van der Waals surface area contributed by atoms with E-state index in [0.29, 0.717) is 13.0 Å². The Labute approximate surface area is 153 Å². The molecule has 1 N–H and O–H groups in total. The lowest BCUT2D eigenvalue weighted by atomic mass is 10.0. The Morgan fingerprint density at radius 3 is 2.42 bits per heavy atom. The van der Waals surface area contributed by atoms with Crippen molar-refractivity contribution in [3.63, 3.8) is 0 Å². The van der Waals surface area contributed by atoms with Crippen LogP contribution in [0.2, 0.25) is 0 Å². The fourth-order valence-electron chi connectivity index (χ4n) is 3.65. The molecule has 0 radical (unpaired) electrons. The van der Waals surface area contributed by atoms with Gasteiger partial charge in [0.1, 0.15) is 11.6 Å². The molecular formula is C21H26F2N2O. The minimum absolute atomic E-state index is 0.108. The third-order valence-corrected chi connectivity index (χ3v) is 5.23. The lowest BCUT2D eigenvalue weighted by Crippen LogP contribution is -2.52. The van der Waals surface area contributed by atoms with Crippen LogP contribution in [0.1, 0.15) is 23.1 Å². The zero-order valence-electron chi connectivity index (χ0n) is 15.2. The number of aliphatic hydroxyl groups is 1. The predicted molar refractivity (Wildman–Crippen MR) is 98.7 cm³/mol. The molecular weight excluding hydrogens is 334 g/mol. The molecule has 1 aliphatic heterocycles. The van der Waals surface area contributed by atoms with E-state index in [1.165, 1.54) is 29.3 Å². The van der Waals surface area contributed by atoms with Crippen LogP contribution >= 0.6 is 0 Å². The largest absolute Gasteiger partial charge is 0.396 e. The number of hydrogen-bond acceptors (Lipinski definition) is 3. The minimum atomic E-state index is -0.494. The summed E-state index contributed by atoms with van der Waals surface area (Å²) in [7, 11) is 0. The smallest absolute Gasteiger partial charge is 0.130 e. The van der Waals surface area contributed by atoms with Gasteiger partial charge in [0.25, 0.3) is 0 Å². The second-order valence-corrected chi connectivity index (χ2v) is 7.00. The maximum Gasteiger partial charge on any atom is 0.130 e. The van der Waals surface area contributed by atoms with E-state index in [4.69, 9.17) is 0 Å². The summed E-state index contributed by atoms with van der Waals surface area (Å²) in [5.74, 6) is -0.989. The predicted octanol–water partition coefficient (Wildman–Crippen LogP) is 3.34. The molecule has 1 atom stereocenters. The Bertz CT molecular complexity index is 717. The number of benzene rings is 2. The molecule has 26 heavy (non-hydrogen) atoms. The third-order valence-electron chi connectivity index (χ3n) is 5.23. The van der Waals surface area contributed by atoms with Crippen molar-refractivity contribution in [2.45, 2.75) is 32.5 Å². The standard InChI is InChI=1S/C21H26F2N2O/c1-16-5-2-3-6-17(16)13-25-11-10-24(14-18(25)9-12-26)15-19-20(22)7-4-8-21(19)23/h2-8,18,26H,9-15H2,1H3/t18-/m0/s1. The maximum atomic E-state index is 13.9. The van der Waals surface area contributed by atoms with Crippen molar-refractivity contribution in [3.8, 4) is 0 Å². The van der Waals surface area contributed by atoms with Crippen molar-refractivity contribution in [3.05, 3.63) is 70.8 Å². The molecule has 0 spiro atoms. The number of halogens is 2. The van der Waals surface area contributed by atoms with Crippen LogP contribution in [0.15, 0.2) is 42.5 Å². The Morgan fingerprint density at radius 2 is 1.73 bits per heavy atom. The topological polar surface area (TPSA) is 26.7 Å². The summed E-state index contributed by atoms with van der Waals surface area (Å²) in [5, 5.41) is 9.46. The molecule has 0 bridgehead atoms. The fourth-order valence-corrected chi connectivity index (χ4v) is 3.65. The monoisotopic (exact) mass is 360 g/mol. The van der Waals surface area contributed by atoms with Gasteiger partial charge >= 0.3 is 0 Å². The molecule has 1 saturated heterocycles. The molecule has 1 fully saturated rings. The zero-order chi connectivity index (χ0) is 18.5. The first-order valence-electron chi connectivity index (χ1n) is 9.13. The average Bonchev–Trinajstić information content (AvgIpc) is 2.62. The van der Waals surface area contributed by atoms with Gasteiger partial charge in [0, 0.05) is 50.9 Å². The van der Waals surface area contributed by atoms with E-state index in [2.05, 4.69) is 28.9 Å². The lowest BCUT2D eigenvalue weighted by molar-refractivity contribution is 0.0488. The normalized spacial score (nSPS) is 19.0. The number of piperazine rings is 1. The molecule has 3 rings (SSSR count). The third kappa shape index (κ3) is 4.47. The van der Waals surface area contributed by atoms with Gasteiger partial charge in [-0.05, 0) is 36.6 Å². The summed E-state index contributed by atoms with van der Waals surface area (Å²) in [4.78, 5) is 4.45.